The number of nitrogens with zero attached hydrogens (tertiary/aromatic N) is 4. The number of benzene rings is 7. The van der Waals surface area contributed by atoms with Crippen LogP contribution in [0.5, 0.6) is 0 Å². The second kappa shape index (κ2) is 9.50. The van der Waals surface area contributed by atoms with Crippen molar-refractivity contribution < 1.29 is 0 Å². The van der Waals surface area contributed by atoms with Crippen molar-refractivity contribution in [3.8, 4) is 45.0 Å². The third-order valence-electron chi connectivity index (χ3n) is 10.2. The number of hydrogen-bond donors (Lipinski definition) is 0. The Labute approximate surface area is 275 Å². The Morgan fingerprint density at radius 1 is 0.396 bits per heavy atom. The van der Waals surface area contributed by atoms with Gasteiger partial charge in [-0.15, -0.1) is 0 Å². The summed E-state index contributed by atoms with van der Waals surface area (Å²) in [5.41, 5.74) is 13.6. The first-order valence-corrected chi connectivity index (χ1v) is 16.3. The van der Waals surface area contributed by atoms with Gasteiger partial charge in [-0.3, -0.25) is 0 Å². The minimum absolute atomic E-state index is 0.964. The Balaban J connectivity index is 1.10. The van der Waals surface area contributed by atoms with Crippen LogP contribution >= 0.6 is 0 Å². The molecule has 0 bridgehead atoms. The summed E-state index contributed by atoms with van der Waals surface area (Å²) < 4.78 is 4.79. The zero-order chi connectivity index (χ0) is 31.3. The number of hydrogen-bond acceptors (Lipinski definition) is 2. The summed E-state index contributed by atoms with van der Waals surface area (Å²) in [6, 6.07) is 54.8. The van der Waals surface area contributed by atoms with E-state index in [0.29, 0.717) is 0 Å². The molecule has 0 radical (unpaired) electrons. The predicted molar refractivity (Wildman–Crippen MR) is 198 cm³/mol. The third-order valence-corrected chi connectivity index (χ3v) is 10.2. The first kappa shape index (κ1) is 25.6. The fourth-order valence-corrected chi connectivity index (χ4v) is 8.16. The summed E-state index contributed by atoms with van der Waals surface area (Å²) in [7, 11) is 0. The van der Waals surface area contributed by atoms with E-state index in [4.69, 9.17) is 9.97 Å². The van der Waals surface area contributed by atoms with E-state index < -0.39 is 0 Å². The molecule has 7 aromatic carbocycles. The van der Waals surface area contributed by atoms with Crippen LogP contribution in [0.4, 0.5) is 0 Å². The van der Waals surface area contributed by atoms with E-state index in [2.05, 4.69) is 161 Å². The van der Waals surface area contributed by atoms with Crippen molar-refractivity contribution in [2.75, 3.05) is 0 Å². The Hall–Kier alpha value is -6.52. The molecule has 48 heavy (non-hydrogen) atoms. The second-order valence-electron chi connectivity index (χ2n) is 12.6. The molecule has 0 unspecified atom stereocenters. The molecule has 4 heteroatoms. The summed E-state index contributed by atoms with van der Waals surface area (Å²) in [6.45, 7) is 0. The molecular formula is C44H26N4. The van der Waals surface area contributed by atoms with Crippen molar-refractivity contribution in [2.45, 2.75) is 0 Å². The minimum Gasteiger partial charge on any atom is -0.309 e. The van der Waals surface area contributed by atoms with E-state index in [1.165, 1.54) is 65.5 Å². The maximum atomic E-state index is 4.85. The van der Waals surface area contributed by atoms with Gasteiger partial charge in [0.1, 0.15) is 6.33 Å². The van der Waals surface area contributed by atoms with Gasteiger partial charge in [0.05, 0.1) is 33.5 Å². The zero-order valence-electron chi connectivity index (χ0n) is 25.8. The summed E-state index contributed by atoms with van der Waals surface area (Å²) in [5, 5.41) is 7.50. The lowest BCUT2D eigenvalue weighted by molar-refractivity contribution is 1.15. The molecule has 0 spiro atoms. The third kappa shape index (κ3) is 3.38. The minimum atomic E-state index is 0.964. The van der Waals surface area contributed by atoms with Crippen molar-refractivity contribution in [1.82, 2.24) is 19.1 Å². The van der Waals surface area contributed by atoms with Crippen molar-refractivity contribution >= 4 is 54.4 Å². The van der Waals surface area contributed by atoms with Gasteiger partial charge >= 0.3 is 0 Å². The van der Waals surface area contributed by atoms with Crippen LogP contribution in [0.1, 0.15) is 0 Å². The average molecular weight is 611 g/mol. The van der Waals surface area contributed by atoms with Crippen LogP contribution in [-0.4, -0.2) is 19.1 Å². The van der Waals surface area contributed by atoms with Gasteiger partial charge in [0.15, 0.2) is 0 Å². The summed E-state index contributed by atoms with van der Waals surface area (Å²) in [5.74, 6) is 0. The van der Waals surface area contributed by atoms with Gasteiger partial charge in [0.2, 0.25) is 0 Å². The molecule has 3 aromatic heterocycles. The van der Waals surface area contributed by atoms with E-state index >= 15 is 0 Å². The van der Waals surface area contributed by atoms with E-state index in [1.807, 2.05) is 0 Å². The first-order chi connectivity index (χ1) is 23.8. The van der Waals surface area contributed by atoms with Crippen molar-refractivity contribution in [3.05, 3.63) is 158 Å². The van der Waals surface area contributed by atoms with Crippen LogP contribution < -0.4 is 0 Å². The fraction of sp³-hybridized carbons (Fsp3) is 0. The van der Waals surface area contributed by atoms with Crippen LogP contribution in [0.3, 0.4) is 0 Å². The molecule has 0 saturated heterocycles. The summed E-state index contributed by atoms with van der Waals surface area (Å²) in [6.07, 6.45) is 1.70. The molecule has 10 aromatic rings. The number of fused-ring (bicyclic) bond motifs is 9. The van der Waals surface area contributed by atoms with Gasteiger partial charge in [-0.2, -0.15) is 0 Å². The maximum absolute atomic E-state index is 4.85. The number of para-hydroxylation sites is 3. The highest BCUT2D eigenvalue weighted by Crippen LogP contribution is 2.49. The van der Waals surface area contributed by atoms with Gasteiger partial charge in [-0.05, 0) is 58.8 Å². The standard InChI is InChI=1S/C44H26N4/c1-5-17-38-31(11-1)32-12-2-6-18-39(32)48(38)30-23-24-34-33-13-3-4-16-37(33)47(40(34)25-30)29-21-19-28(20-22-29)43-42-35-14-7-9-27-10-8-15-36(41(27)35)44(42)46-26-45-43/h1-26H. The molecule has 0 amide bonds. The molecule has 0 fully saturated rings. The molecule has 11 rings (SSSR count). The quantitative estimate of drug-likeness (QED) is 0.199. The molecule has 0 N–H and O–H groups in total. The van der Waals surface area contributed by atoms with Gasteiger partial charge in [-0.1, -0.05) is 109 Å². The first-order valence-electron chi connectivity index (χ1n) is 16.3. The molecule has 4 nitrogen and oxygen atoms in total. The highest BCUT2D eigenvalue weighted by Gasteiger charge is 2.26. The molecule has 222 valence electrons. The van der Waals surface area contributed by atoms with Crippen LogP contribution in [0, 0.1) is 0 Å². The summed E-state index contributed by atoms with van der Waals surface area (Å²) in [4.78, 5) is 9.61. The Bertz CT molecular complexity index is 2890. The van der Waals surface area contributed by atoms with Gasteiger partial charge in [0.25, 0.3) is 0 Å². The molecule has 0 saturated carbocycles. The van der Waals surface area contributed by atoms with Gasteiger partial charge in [-0.25, -0.2) is 9.97 Å². The largest absolute Gasteiger partial charge is 0.309 e. The highest BCUT2D eigenvalue weighted by atomic mass is 15.0. The topological polar surface area (TPSA) is 35.6 Å². The lowest BCUT2D eigenvalue weighted by atomic mass is 9.99. The average Bonchev–Trinajstić information content (AvgIpc) is 3.79. The lowest BCUT2D eigenvalue weighted by Crippen LogP contribution is -1.97. The summed E-state index contributed by atoms with van der Waals surface area (Å²) >= 11 is 0. The molecule has 1 aliphatic carbocycles. The van der Waals surface area contributed by atoms with Gasteiger partial charge in [0, 0.05) is 49.6 Å². The number of aromatic nitrogens is 4. The van der Waals surface area contributed by atoms with Crippen molar-refractivity contribution in [1.29, 1.82) is 0 Å². The van der Waals surface area contributed by atoms with E-state index in [-0.39, 0.29) is 0 Å². The van der Waals surface area contributed by atoms with E-state index in [1.54, 1.807) is 6.33 Å². The SMILES string of the molecule is c1cc2c3c(cccc3c1)-c1c(-c3ccc(-n4c5ccccc5c5ccc(-n6c7ccccc7c7ccccc76)cc54)cc3)ncnc1-2. The van der Waals surface area contributed by atoms with Crippen LogP contribution in [0.2, 0.25) is 0 Å². The lowest BCUT2D eigenvalue weighted by Gasteiger charge is -2.13. The number of rotatable bonds is 3. The Morgan fingerprint density at radius 2 is 0.938 bits per heavy atom. The second-order valence-corrected chi connectivity index (χ2v) is 12.6. The van der Waals surface area contributed by atoms with Crippen molar-refractivity contribution in [2.24, 2.45) is 0 Å². The Kier molecular flexibility index (Phi) is 5.08. The zero-order valence-corrected chi connectivity index (χ0v) is 25.8. The molecule has 1 aliphatic rings. The smallest absolute Gasteiger partial charge is 0.116 e. The molecular weight excluding hydrogens is 585 g/mol. The van der Waals surface area contributed by atoms with Gasteiger partial charge < -0.3 is 9.13 Å². The predicted octanol–water partition coefficient (Wildman–Crippen LogP) is 11.1. The monoisotopic (exact) mass is 610 g/mol. The van der Waals surface area contributed by atoms with Crippen LogP contribution in [-0.2, 0) is 0 Å². The normalized spacial score (nSPS) is 12.2. The molecule has 0 aliphatic heterocycles. The van der Waals surface area contributed by atoms with Crippen LogP contribution in [0.15, 0.2) is 158 Å². The molecule has 0 atom stereocenters. The molecule has 3 heterocycles. The van der Waals surface area contributed by atoms with Crippen molar-refractivity contribution in [3.63, 3.8) is 0 Å². The van der Waals surface area contributed by atoms with Crippen LogP contribution in [0.25, 0.3) is 99.4 Å². The fourth-order valence-electron chi connectivity index (χ4n) is 8.16. The van der Waals surface area contributed by atoms with E-state index in [9.17, 15) is 0 Å². The van der Waals surface area contributed by atoms with E-state index in [0.717, 1.165) is 33.9 Å². The highest BCUT2D eigenvalue weighted by molar-refractivity contribution is 6.17. The Morgan fingerprint density at radius 3 is 1.60 bits per heavy atom. The maximum Gasteiger partial charge on any atom is 0.116 e.